The number of phosphoric ester groups is 1. The fourth-order valence-corrected chi connectivity index (χ4v) is 16.2. The molecule has 2 saturated heterocycles. The van der Waals surface area contributed by atoms with Gasteiger partial charge in [0.1, 0.15) is 24.1 Å². The number of carbonyl (C=O) groups is 7. The first kappa shape index (κ1) is 73.8. The monoisotopic (exact) mass is 1340 g/mol. The Kier molecular flexibility index (Phi) is 22.6. The molecule has 2 fully saturated rings. The summed E-state index contributed by atoms with van der Waals surface area (Å²) in [6, 6.07) is 3.22. The van der Waals surface area contributed by atoms with Crippen molar-refractivity contribution in [1.82, 2.24) is 14.9 Å². The van der Waals surface area contributed by atoms with Gasteiger partial charge in [-0.25, -0.2) is 4.98 Å². The molecule has 15 atom stereocenters. The molecule has 29 nitrogen and oxygen atoms in total. The number of allylic oxidation sites excluding steroid dienone is 6. The minimum Gasteiger partial charge on any atom is -0.756 e. The molecule has 2 aromatic rings. The van der Waals surface area contributed by atoms with E-state index >= 15 is 0 Å². The topological polar surface area (TPSA) is 509 Å². The maximum atomic E-state index is 14.3. The molecule has 7 amide bonds. The molecule has 0 aliphatic carbocycles. The summed E-state index contributed by atoms with van der Waals surface area (Å²) in [5, 5.41) is 46.1. The normalized spacial score (nSPS) is 33.3. The molecule has 1 aromatic carbocycles. The van der Waals surface area contributed by atoms with Crippen LogP contribution in [-0.2, 0) is 68.7 Å². The largest absolute Gasteiger partial charge is 3.00 e. The van der Waals surface area contributed by atoms with E-state index in [1.807, 2.05) is 47.6 Å². The molecule has 502 valence electrons. The van der Waals surface area contributed by atoms with Crippen LogP contribution < -0.4 is 44.6 Å². The number of aliphatic imine (C=N–C) groups is 3. The van der Waals surface area contributed by atoms with E-state index in [2.05, 4.69) is 10.3 Å². The Bertz CT molecular complexity index is 3550. The number of aliphatic hydroxyl groups is 2. The number of aliphatic hydroxyl groups excluding tert-OH is 2. The number of ether oxygens (including phenoxy) is 1. The van der Waals surface area contributed by atoms with Gasteiger partial charge in [0.25, 0.3) is 7.82 Å². The number of rotatable bonds is 26. The van der Waals surface area contributed by atoms with Gasteiger partial charge in [0.05, 0.1) is 41.3 Å². The number of benzene rings is 1. The Labute approximate surface area is 543 Å². The van der Waals surface area contributed by atoms with Gasteiger partial charge in [-0.05, 0) is 94.1 Å². The molecule has 8 rings (SSSR count). The smallest absolute Gasteiger partial charge is 0.756 e. The van der Waals surface area contributed by atoms with Crippen molar-refractivity contribution >= 4 is 77.3 Å². The molecule has 31 heteroatoms. The van der Waals surface area contributed by atoms with Crippen LogP contribution >= 0.6 is 7.82 Å². The summed E-state index contributed by atoms with van der Waals surface area (Å²) in [4.78, 5) is 127. The molecule has 92 heavy (non-hydrogen) atoms. The molecule has 7 heterocycles. The summed E-state index contributed by atoms with van der Waals surface area (Å²) >= 11 is 0. The number of aromatic nitrogens is 2. The third-order valence-corrected chi connectivity index (χ3v) is 21.0. The van der Waals surface area contributed by atoms with Crippen molar-refractivity contribution in [2.75, 3.05) is 13.2 Å². The number of phenols is 1. The van der Waals surface area contributed by atoms with E-state index in [0.29, 0.717) is 56.4 Å². The van der Waals surface area contributed by atoms with Crippen LogP contribution in [0.3, 0.4) is 0 Å². The second-order valence-corrected chi connectivity index (χ2v) is 27.6. The molecule has 6 aliphatic heterocycles. The average molecular weight is 1340 g/mol. The number of nitrogens with zero attached hydrogens (tertiary/aromatic N) is 7. The second-order valence-electron chi connectivity index (χ2n) is 26.2. The maximum absolute atomic E-state index is 14.3. The number of nitrogens with two attached hydrogens (primary N) is 6. The number of carbonyl (C=O) groups excluding carboxylic acids is 7. The van der Waals surface area contributed by atoms with Crippen molar-refractivity contribution in [1.29, 1.82) is 5.26 Å². The van der Waals surface area contributed by atoms with E-state index in [1.165, 1.54) is 36.0 Å². The standard InChI is InChI=1S/C60H86N13O15P.CN.Co/c1-28(87-89(84,85)88-51-39(26-74)86-55(50(51)83)73-27-68-37-20-31(75)10-14-38(37)73)25-67-47(82)18-19-57(6)35(21-44(64)79)54-60(9)59(8,24-46(66)81)34(13-17-43(63)78)49(72-60)30(3)53-58(7,23-45(65)80)32(11-15-41(61)76)36(69-53)22-40-56(4,5)33(12-16-42(62)77)48(70-40)29(2)52(57)71-54;1-2;/h10,14,20,22,27-28,32-35,39,50-51,54-55,74,83H,11-13,15-19,21,23-26H2,1-9H3,(H16,61,62,63,64,65,66,67,69,70,71,72,75,76,77,78,79,80,81,82,84,85);;/q;-1;+3/p-2. The van der Waals surface area contributed by atoms with Gasteiger partial charge >= 0.3 is 16.8 Å². The summed E-state index contributed by atoms with van der Waals surface area (Å²) in [6.07, 6.45) is -5.25. The number of fused-ring (bicyclic) bond motifs is 7. The molecular weight excluding hydrogens is 1260 g/mol. The van der Waals surface area contributed by atoms with Crippen molar-refractivity contribution in [3.63, 3.8) is 0 Å². The number of phenolic OH excluding ortho intramolecular Hbond substituents is 1. The van der Waals surface area contributed by atoms with E-state index in [-0.39, 0.29) is 99.7 Å². The summed E-state index contributed by atoms with van der Waals surface area (Å²) in [5.74, 6) is -7.55. The number of hydrogen-bond donors (Lipinski definition) is 10. The van der Waals surface area contributed by atoms with Crippen molar-refractivity contribution in [2.45, 2.75) is 175 Å². The Hall–Kier alpha value is -7.20. The molecule has 0 saturated carbocycles. The number of hydrogen-bond acceptors (Lipinski definition) is 20. The maximum Gasteiger partial charge on any atom is 3.00 e. The molecule has 8 bridgehead atoms. The van der Waals surface area contributed by atoms with Crippen molar-refractivity contribution in [2.24, 2.45) is 94.7 Å². The van der Waals surface area contributed by atoms with Crippen LogP contribution in [0, 0.1) is 57.2 Å². The summed E-state index contributed by atoms with van der Waals surface area (Å²) in [5.41, 5.74) is 34.2. The number of aromatic hydroxyl groups is 1. The quantitative estimate of drug-likeness (QED) is 0.0478. The van der Waals surface area contributed by atoms with Gasteiger partial charge in [0.15, 0.2) is 6.23 Å². The molecule has 16 N–H and O–H groups in total. The van der Waals surface area contributed by atoms with Crippen LogP contribution in [0.2, 0.25) is 0 Å². The number of nitrogens with one attached hydrogen (secondary N) is 1. The van der Waals surface area contributed by atoms with Gasteiger partial charge in [-0.3, -0.25) is 53.1 Å². The van der Waals surface area contributed by atoms with Crippen molar-refractivity contribution in [3.05, 3.63) is 70.7 Å². The van der Waals surface area contributed by atoms with E-state index in [9.17, 15) is 58.3 Å². The average Bonchev–Trinajstić information content (AvgIpc) is 1.53. The molecular formula is C61H84CoN14O15P. The van der Waals surface area contributed by atoms with E-state index in [0.717, 1.165) is 0 Å². The minimum absolute atomic E-state index is 0. The Morgan fingerprint density at radius 3 is 2.01 bits per heavy atom. The zero-order chi connectivity index (χ0) is 67.8. The fourth-order valence-electron chi connectivity index (χ4n) is 15.1. The predicted molar refractivity (Wildman–Crippen MR) is 329 cm³/mol. The van der Waals surface area contributed by atoms with Gasteiger partial charge in [-0.2, -0.15) is 5.70 Å². The first-order valence-corrected chi connectivity index (χ1v) is 31.5. The summed E-state index contributed by atoms with van der Waals surface area (Å²) in [6.45, 7) is 19.7. The Balaban J connectivity index is 0.00000444. The number of amides is 7. The zero-order valence-corrected chi connectivity index (χ0v) is 54.9. The third kappa shape index (κ3) is 14.3. The van der Waals surface area contributed by atoms with Gasteiger partial charge in [0.2, 0.25) is 41.4 Å². The Morgan fingerprint density at radius 1 is 0.837 bits per heavy atom. The van der Waals surface area contributed by atoms with Crippen LogP contribution in [-0.4, -0.2) is 133 Å². The third-order valence-electron chi connectivity index (χ3n) is 19.8. The van der Waals surface area contributed by atoms with Crippen LogP contribution in [0.5, 0.6) is 5.75 Å². The second kappa shape index (κ2) is 28.2. The van der Waals surface area contributed by atoms with Gasteiger partial charge in [-0.15, -0.1) is 0 Å². The number of imidazole rings is 1. The predicted octanol–water partition coefficient (Wildman–Crippen LogP) is 2.50. The first-order valence-electron chi connectivity index (χ1n) is 30.0. The number of primary amides is 6. The van der Waals surface area contributed by atoms with Crippen LogP contribution in [0.15, 0.2) is 73.8 Å². The van der Waals surface area contributed by atoms with Crippen LogP contribution in [0.25, 0.3) is 16.4 Å². The molecule has 0 radical (unpaired) electrons. The molecule has 1 aromatic heterocycles. The fraction of sp³-hybridized carbons (Fsp3) is 0.607. The van der Waals surface area contributed by atoms with Crippen molar-refractivity contribution in [3.8, 4) is 5.75 Å². The first-order chi connectivity index (χ1) is 42.4. The minimum atomic E-state index is -5.34. The van der Waals surface area contributed by atoms with Crippen LogP contribution in [0.1, 0.15) is 139 Å². The van der Waals surface area contributed by atoms with E-state index in [4.69, 9.17) is 80.3 Å². The summed E-state index contributed by atoms with van der Waals surface area (Å²) < 4.78 is 31.5. The zero-order valence-electron chi connectivity index (χ0n) is 53.0. The van der Waals surface area contributed by atoms with Gasteiger partial charge in [-0.1, -0.05) is 40.7 Å². The SMILES string of the molecule is C/C1=C2N=C(/C=C3N=C(/C(C)=C4\[N-]C(C(CC(N)=O)C4(C)CCC(=O)NCC(C)OP(=O)([O-])OC4C(CO)OC(n5cnc6cc(O)ccc65)C4O)C4(C)N=C1C(CCC(N)=O)C4(C)CC(N)=O)C(CCC(N)=O)C\3(C)C)C(CCC(N)=O)C/2(C)CC(N)=O.[C-]#N.[Co+3]. The van der Waals surface area contributed by atoms with Crippen LogP contribution in [0.4, 0.5) is 0 Å². The van der Waals surface area contributed by atoms with Gasteiger partial charge < -0.3 is 95.4 Å². The molecule has 0 spiro atoms. The van der Waals surface area contributed by atoms with E-state index in [1.54, 1.807) is 13.8 Å². The van der Waals surface area contributed by atoms with Gasteiger partial charge in [0, 0.05) is 114 Å². The number of phosphoric acid groups is 1. The van der Waals surface area contributed by atoms with Crippen molar-refractivity contribution < 1.29 is 88.9 Å². The molecule has 6 aliphatic rings. The molecule has 15 unspecified atom stereocenters. The Morgan fingerprint density at radius 2 is 1.43 bits per heavy atom. The summed E-state index contributed by atoms with van der Waals surface area (Å²) in [7, 11) is -5.34. The van der Waals surface area contributed by atoms with E-state index < -0.39 is 143 Å².